The van der Waals surface area contributed by atoms with Gasteiger partial charge in [-0.15, -0.1) is 0 Å². The molecular weight excluding hydrogens is 284 g/mol. The molecule has 1 aromatic carbocycles. The summed E-state index contributed by atoms with van der Waals surface area (Å²) >= 11 is 3.40. The van der Waals surface area contributed by atoms with Crippen molar-refractivity contribution in [2.24, 2.45) is 0 Å². The van der Waals surface area contributed by atoms with E-state index in [-0.39, 0.29) is 12.2 Å². The van der Waals surface area contributed by atoms with Gasteiger partial charge in [0.1, 0.15) is 5.41 Å². The molecule has 2 saturated heterocycles. The molecule has 2 aliphatic heterocycles. The van der Waals surface area contributed by atoms with E-state index in [1.807, 2.05) is 24.3 Å². The van der Waals surface area contributed by atoms with Crippen LogP contribution in [0.4, 0.5) is 0 Å². The molecule has 1 N–H and O–H groups in total. The van der Waals surface area contributed by atoms with Crippen molar-refractivity contribution in [3.8, 4) is 0 Å². The maximum absolute atomic E-state index is 11.7. The third kappa shape index (κ3) is 1.54. The predicted octanol–water partition coefficient (Wildman–Crippen LogP) is 2.72. The number of benzene rings is 1. The second-order valence-corrected chi connectivity index (χ2v) is 5.73. The van der Waals surface area contributed by atoms with Crippen molar-refractivity contribution in [2.45, 2.75) is 36.9 Å². The number of carbonyl (C=O) groups is 1. The highest BCUT2D eigenvalue weighted by Gasteiger charge is 2.58. The van der Waals surface area contributed by atoms with E-state index in [0.717, 1.165) is 22.9 Å². The van der Waals surface area contributed by atoms with Crippen molar-refractivity contribution >= 4 is 21.9 Å². The summed E-state index contributed by atoms with van der Waals surface area (Å²) in [5, 5.41) is 9.63. The molecule has 0 amide bonds. The van der Waals surface area contributed by atoms with Crippen molar-refractivity contribution in [3.63, 3.8) is 0 Å². The van der Waals surface area contributed by atoms with Gasteiger partial charge in [-0.25, -0.2) is 0 Å². The van der Waals surface area contributed by atoms with Crippen LogP contribution in [-0.4, -0.2) is 23.3 Å². The molecule has 3 nitrogen and oxygen atoms in total. The third-order valence-corrected chi connectivity index (χ3v) is 4.42. The summed E-state index contributed by atoms with van der Waals surface area (Å²) in [6, 6.07) is 7.59. The van der Waals surface area contributed by atoms with Gasteiger partial charge in [0, 0.05) is 4.47 Å². The number of carboxylic acids is 1. The molecule has 0 saturated carbocycles. The molecule has 4 heteroatoms. The molecule has 0 radical (unpaired) electrons. The quantitative estimate of drug-likeness (QED) is 0.913. The van der Waals surface area contributed by atoms with Crippen LogP contribution in [0.3, 0.4) is 0 Å². The van der Waals surface area contributed by atoms with E-state index in [1.54, 1.807) is 0 Å². The Morgan fingerprint density at radius 3 is 2.82 bits per heavy atom. The summed E-state index contributed by atoms with van der Waals surface area (Å²) in [5.74, 6) is -0.761. The molecule has 2 aliphatic rings. The summed E-state index contributed by atoms with van der Waals surface area (Å²) in [6.45, 7) is 0. The van der Waals surface area contributed by atoms with Gasteiger partial charge in [-0.05, 0) is 37.0 Å². The smallest absolute Gasteiger partial charge is 0.316 e. The third-order valence-electron chi connectivity index (χ3n) is 3.93. The highest BCUT2D eigenvalue weighted by Crippen LogP contribution is 2.49. The largest absolute Gasteiger partial charge is 0.481 e. The first-order valence-corrected chi connectivity index (χ1v) is 6.57. The molecule has 2 fully saturated rings. The summed E-state index contributed by atoms with van der Waals surface area (Å²) < 4.78 is 6.66. The van der Waals surface area contributed by atoms with Crippen molar-refractivity contribution < 1.29 is 14.6 Å². The molecule has 3 atom stereocenters. The van der Waals surface area contributed by atoms with Crippen LogP contribution in [-0.2, 0) is 14.9 Å². The molecule has 3 unspecified atom stereocenters. The maximum atomic E-state index is 11.7. The molecule has 90 valence electrons. The van der Waals surface area contributed by atoms with Gasteiger partial charge in [0.2, 0.25) is 0 Å². The number of hydrogen-bond donors (Lipinski definition) is 1. The van der Waals surface area contributed by atoms with Gasteiger partial charge in [-0.1, -0.05) is 28.1 Å². The zero-order valence-electron chi connectivity index (χ0n) is 9.23. The molecule has 0 aromatic heterocycles. The zero-order chi connectivity index (χ0) is 12.0. The van der Waals surface area contributed by atoms with Gasteiger partial charge in [0.05, 0.1) is 12.2 Å². The Kier molecular flexibility index (Phi) is 2.52. The summed E-state index contributed by atoms with van der Waals surface area (Å²) in [6.07, 6.45) is 2.40. The Morgan fingerprint density at radius 2 is 2.29 bits per heavy atom. The van der Waals surface area contributed by atoms with Crippen LogP contribution in [0.5, 0.6) is 0 Å². The van der Waals surface area contributed by atoms with Crippen LogP contribution >= 0.6 is 15.9 Å². The summed E-state index contributed by atoms with van der Waals surface area (Å²) in [5.41, 5.74) is 0.0127. The number of fused-ring (bicyclic) bond motifs is 2. The number of halogens is 1. The SMILES string of the molecule is O=C(O)C1(c2cccc(Br)c2)CC2CCC1O2. The fourth-order valence-corrected chi connectivity index (χ4v) is 3.53. The Labute approximate surface area is 108 Å². The fraction of sp³-hybridized carbons (Fsp3) is 0.462. The first kappa shape index (κ1) is 11.2. The maximum Gasteiger partial charge on any atom is 0.316 e. The standard InChI is InChI=1S/C13H13BrO3/c14-9-3-1-2-8(6-9)13(12(15)16)7-10-4-5-11(13)17-10/h1-3,6,10-11H,4-5,7H2,(H,15,16). The van der Waals surface area contributed by atoms with Crippen molar-refractivity contribution in [2.75, 3.05) is 0 Å². The minimum absolute atomic E-state index is 0.120. The molecule has 3 rings (SSSR count). The van der Waals surface area contributed by atoms with Crippen molar-refractivity contribution in [1.29, 1.82) is 0 Å². The number of hydrogen-bond acceptors (Lipinski definition) is 2. The lowest BCUT2D eigenvalue weighted by molar-refractivity contribution is -0.146. The van der Waals surface area contributed by atoms with Gasteiger partial charge >= 0.3 is 5.97 Å². The zero-order valence-corrected chi connectivity index (χ0v) is 10.8. The van der Waals surface area contributed by atoms with Crippen molar-refractivity contribution in [1.82, 2.24) is 0 Å². The number of rotatable bonds is 2. The van der Waals surface area contributed by atoms with Crippen LogP contribution in [0.1, 0.15) is 24.8 Å². The first-order chi connectivity index (χ1) is 8.13. The van der Waals surface area contributed by atoms with Gasteiger partial charge in [0.15, 0.2) is 0 Å². The van der Waals surface area contributed by atoms with E-state index in [9.17, 15) is 9.90 Å². The average molecular weight is 297 g/mol. The minimum Gasteiger partial charge on any atom is -0.481 e. The second kappa shape index (κ2) is 3.82. The number of aliphatic carboxylic acids is 1. The van der Waals surface area contributed by atoms with E-state index in [1.165, 1.54) is 0 Å². The Hall–Kier alpha value is -0.870. The van der Waals surface area contributed by atoms with E-state index in [4.69, 9.17) is 4.74 Å². The Morgan fingerprint density at radius 1 is 1.47 bits per heavy atom. The Bertz CT molecular complexity index is 473. The molecule has 17 heavy (non-hydrogen) atoms. The Balaban J connectivity index is 2.10. The van der Waals surface area contributed by atoms with Crippen LogP contribution in [0.25, 0.3) is 0 Å². The van der Waals surface area contributed by atoms with Crippen LogP contribution in [0, 0.1) is 0 Å². The van der Waals surface area contributed by atoms with Crippen LogP contribution in [0.2, 0.25) is 0 Å². The van der Waals surface area contributed by atoms with E-state index in [0.29, 0.717) is 6.42 Å². The van der Waals surface area contributed by atoms with Crippen LogP contribution < -0.4 is 0 Å². The van der Waals surface area contributed by atoms with Gasteiger partial charge in [-0.2, -0.15) is 0 Å². The van der Waals surface area contributed by atoms with Gasteiger partial charge in [0.25, 0.3) is 0 Å². The lowest BCUT2D eigenvalue weighted by Crippen LogP contribution is -2.44. The van der Waals surface area contributed by atoms with Gasteiger partial charge < -0.3 is 9.84 Å². The monoisotopic (exact) mass is 296 g/mol. The van der Waals surface area contributed by atoms with Gasteiger partial charge in [-0.3, -0.25) is 4.79 Å². The average Bonchev–Trinajstić information content (AvgIpc) is 2.89. The molecular formula is C13H13BrO3. The highest BCUT2D eigenvalue weighted by molar-refractivity contribution is 9.10. The lowest BCUT2D eigenvalue weighted by atomic mass is 9.69. The first-order valence-electron chi connectivity index (χ1n) is 5.78. The molecule has 1 aromatic rings. The number of ether oxygens (including phenoxy) is 1. The number of carboxylic acid groups (broad SMARTS) is 1. The molecule has 2 heterocycles. The van der Waals surface area contributed by atoms with Crippen molar-refractivity contribution in [3.05, 3.63) is 34.3 Å². The molecule has 2 bridgehead atoms. The lowest BCUT2D eigenvalue weighted by Gasteiger charge is -2.31. The highest BCUT2D eigenvalue weighted by atomic mass is 79.9. The second-order valence-electron chi connectivity index (χ2n) is 4.82. The predicted molar refractivity (Wildman–Crippen MR) is 66.0 cm³/mol. The summed E-state index contributed by atoms with van der Waals surface area (Å²) in [4.78, 5) is 11.7. The molecule has 0 aliphatic carbocycles. The topological polar surface area (TPSA) is 46.5 Å². The van der Waals surface area contributed by atoms with Crippen LogP contribution in [0.15, 0.2) is 28.7 Å². The summed E-state index contributed by atoms with van der Waals surface area (Å²) in [7, 11) is 0. The normalized spacial score (nSPS) is 35.1. The van der Waals surface area contributed by atoms with E-state index >= 15 is 0 Å². The van der Waals surface area contributed by atoms with E-state index in [2.05, 4.69) is 15.9 Å². The molecule has 0 spiro atoms. The fourth-order valence-electron chi connectivity index (χ4n) is 3.13. The minimum atomic E-state index is -0.841. The van der Waals surface area contributed by atoms with E-state index < -0.39 is 11.4 Å².